The molecule has 0 spiro atoms. The number of hydrogen-bond acceptors (Lipinski definition) is 3. The molecule has 0 radical (unpaired) electrons. The fourth-order valence-electron chi connectivity index (χ4n) is 2.30. The molecule has 1 N–H and O–H groups in total. The molecule has 0 aromatic heterocycles. The summed E-state index contributed by atoms with van der Waals surface area (Å²) < 4.78 is 49.6. The Morgan fingerprint density at radius 1 is 1.30 bits per heavy atom. The first kappa shape index (κ1) is 17.0. The van der Waals surface area contributed by atoms with Crippen molar-refractivity contribution in [3.8, 4) is 0 Å². The Hall–Kier alpha value is -2.38. The van der Waals surface area contributed by atoms with Crippen LogP contribution in [-0.4, -0.2) is 35.4 Å². The van der Waals surface area contributed by atoms with Crippen LogP contribution in [0.1, 0.15) is 12.8 Å². The fraction of sp³-hybridized carbons (Fsp3) is 0.333. The van der Waals surface area contributed by atoms with Gasteiger partial charge in [-0.3, -0.25) is 9.59 Å². The molecule has 1 saturated heterocycles. The highest BCUT2D eigenvalue weighted by Crippen LogP contribution is 2.21. The molecule has 1 aliphatic heterocycles. The van der Waals surface area contributed by atoms with Crippen LogP contribution in [0, 0.1) is 5.82 Å². The van der Waals surface area contributed by atoms with Gasteiger partial charge in [0.1, 0.15) is 11.9 Å². The minimum absolute atomic E-state index is 0.261. The third kappa shape index (κ3) is 4.54. The molecule has 1 amide bonds. The Morgan fingerprint density at radius 3 is 2.70 bits per heavy atom. The predicted octanol–water partition coefficient (Wildman–Crippen LogP) is 2.87. The topological polar surface area (TPSA) is 49.4 Å². The van der Waals surface area contributed by atoms with Crippen molar-refractivity contribution in [2.75, 3.05) is 11.9 Å². The number of hydrogen-bond donors (Lipinski definition) is 1. The van der Waals surface area contributed by atoms with Gasteiger partial charge in [-0.05, 0) is 31.0 Å². The third-order valence-electron chi connectivity index (χ3n) is 3.39. The highest BCUT2D eigenvalue weighted by Gasteiger charge is 2.37. The molecule has 0 unspecified atom stereocenters. The van der Waals surface area contributed by atoms with Crippen LogP contribution in [0.3, 0.4) is 0 Å². The molecule has 1 atom stereocenters. The van der Waals surface area contributed by atoms with E-state index in [0.29, 0.717) is 25.5 Å². The highest BCUT2D eigenvalue weighted by molar-refractivity contribution is 5.96. The van der Waals surface area contributed by atoms with Gasteiger partial charge in [0, 0.05) is 24.5 Å². The second kappa shape index (κ2) is 6.80. The van der Waals surface area contributed by atoms with Gasteiger partial charge in [-0.2, -0.15) is 13.2 Å². The Labute approximate surface area is 129 Å². The first-order chi connectivity index (χ1) is 10.8. The molecule has 1 aromatic rings. The number of carbonyl (C=O) groups excluding carboxylic acids is 2. The zero-order chi connectivity index (χ0) is 17.0. The number of halogens is 4. The van der Waals surface area contributed by atoms with Crippen LogP contribution in [0.2, 0.25) is 0 Å². The van der Waals surface area contributed by atoms with E-state index in [2.05, 4.69) is 5.32 Å². The first-order valence-corrected chi connectivity index (χ1v) is 6.89. The van der Waals surface area contributed by atoms with Crippen LogP contribution < -0.4 is 5.32 Å². The molecule has 1 fully saturated rings. The van der Waals surface area contributed by atoms with E-state index in [1.165, 1.54) is 23.1 Å². The summed E-state index contributed by atoms with van der Waals surface area (Å²) in [6.07, 6.45) is -2.50. The number of anilines is 1. The van der Waals surface area contributed by atoms with E-state index >= 15 is 0 Å². The van der Waals surface area contributed by atoms with Crippen molar-refractivity contribution < 1.29 is 27.2 Å². The predicted molar refractivity (Wildman–Crippen MR) is 75.0 cm³/mol. The number of ketones is 1. The van der Waals surface area contributed by atoms with Crippen molar-refractivity contribution in [2.24, 2.45) is 0 Å². The van der Waals surface area contributed by atoms with E-state index in [4.69, 9.17) is 0 Å². The molecule has 1 aromatic carbocycles. The van der Waals surface area contributed by atoms with Crippen molar-refractivity contribution in [2.45, 2.75) is 25.1 Å². The Kier molecular flexibility index (Phi) is 5.02. The minimum Gasteiger partial charge on any atom is -0.365 e. The van der Waals surface area contributed by atoms with Crippen LogP contribution in [0.4, 0.5) is 23.2 Å². The number of benzene rings is 1. The van der Waals surface area contributed by atoms with E-state index in [1.54, 1.807) is 0 Å². The monoisotopic (exact) mass is 330 g/mol. The van der Waals surface area contributed by atoms with Gasteiger partial charge in [0.25, 0.3) is 5.78 Å². The van der Waals surface area contributed by atoms with Crippen molar-refractivity contribution in [1.29, 1.82) is 0 Å². The van der Waals surface area contributed by atoms with Crippen molar-refractivity contribution in [1.82, 2.24) is 4.90 Å². The molecular weight excluding hydrogens is 316 g/mol. The number of nitrogens with zero attached hydrogens (tertiary/aromatic N) is 1. The second-order valence-corrected chi connectivity index (χ2v) is 5.07. The Morgan fingerprint density at radius 2 is 2.04 bits per heavy atom. The van der Waals surface area contributed by atoms with Gasteiger partial charge in [-0.15, -0.1) is 0 Å². The number of alkyl halides is 3. The number of amides is 1. The number of carbonyl (C=O) groups is 2. The van der Waals surface area contributed by atoms with Crippen LogP contribution >= 0.6 is 0 Å². The lowest BCUT2D eigenvalue weighted by atomic mass is 10.2. The summed E-state index contributed by atoms with van der Waals surface area (Å²) in [5, 5.41) is 2.51. The molecule has 2 rings (SSSR count). The molecule has 1 aliphatic rings. The first-order valence-electron chi connectivity index (χ1n) is 6.89. The van der Waals surface area contributed by atoms with E-state index < -0.39 is 29.7 Å². The number of rotatable bonds is 4. The SMILES string of the molecule is O=C(Nc1cccc(F)c1)[C@H]1CCCN1/C=C/C(=O)C(F)(F)F. The fourth-order valence-corrected chi connectivity index (χ4v) is 2.30. The normalized spacial score (nSPS) is 18.4. The maximum atomic E-state index is 13.1. The van der Waals surface area contributed by atoms with Gasteiger partial charge >= 0.3 is 6.18 Å². The van der Waals surface area contributed by atoms with Crippen molar-refractivity contribution >= 4 is 17.4 Å². The van der Waals surface area contributed by atoms with E-state index in [9.17, 15) is 27.2 Å². The maximum absolute atomic E-state index is 13.1. The number of nitrogens with one attached hydrogen (secondary N) is 1. The highest BCUT2D eigenvalue weighted by atomic mass is 19.4. The molecule has 0 bridgehead atoms. The Balaban J connectivity index is 2.02. The molecule has 124 valence electrons. The maximum Gasteiger partial charge on any atom is 0.454 e. The van der Waals surface area contributed by atoms with Gasteiger partial charge in [0.2, 0.25) is 5.91 Å². The molecule has 0 aliphatic carbocycles. The average molecular weight is 330 g/mol. The average Bonchev–Trinajstić information content (AvgIpc) is 2.92. The standard InChI is InChI=1S/C15H14F4N2O2/c16-10-3-1-4-11(9-10)20-14(23)12-5-2-7-21(12)8-6-13(22)15(17,18)19/h1,3-4,6,8-9,12H,2,5,7H2,(H,20,23)/b8-6+/t12-/m1/s1. The largest absolute Gasteiger partial charge is 0.454 e. The molecule has 23 heavy (non-hydrogen) atoms. The minimum atomic E-state index is -4.93. The van der Waals surface area contributed by atoms with Gasteiger partial charge in [0.05, 0.1) is 0 Å². The summed E-state index contributed by atoms with van der Waals surface area (Å²) in [4.78, 5) is 24.4. The van der Waals surface area contributed by atoms with Crippen LogP contribution in [0.15, 0.2) is 36.5 Å². The van der Waals surface area contributed by atoms with Crippen LogP contribution in [0.25, 0.3) is 0 Å². The smallest absolute Gasteiger partial charge is 0.365 e. The van der Waals surface area contributed by atoms with Gasteiger partial charge in [-0.1, -0.05) is 6.07 Å². The summed E-state index contributed by atoms with van der Waals surface area (Å²) >= 11 is 0. The molecule has 8 heteroatoms. The summed E-state index contributed by atoms with van der Waals surface area (Å²) in [6.45, 7) is 0.364. The van der Waals surface area contributed by atoms with E-state index in [-0.39, 0.29) is 5.69 Å². The van der Waals surface area contributed by atoms with E-state index in [0.717, 1.165) is 12.3 Å². The van der Waals surface area contributed by atoms with Gasteiger partial charge in [-0.25, -0.2) is 4.39 Å². The summed E-state index contributed by atoms with van der Waals surface area (Å²) in [5.41, 5.74) is 0.261. The Bertz CT molecular complexity index is 628. The zero-order valence-corrected chi connectivity index (χ0v) is 11.9. The zero-order valence-electron chi connectivity index (χ0n) is 11.9. The number of allylic oxidation sites excluding steroid dienone is 1. The second-order valence-electron chi connectivity index (χ2n) is 5.07. The van der Waals surface area contributed by atoms with Crippen LogP contribution in [0.5, 0.6) is 0 Å². The van der Waals surface area contributed by atoms with Crippen molar-refractivity contribution in [3.63, 3.8) is 0 Å². The molecule has 4 nitrogen and oxygen atoms in total. The summed E-state index contributed by atoms with van der Waals surface area (Å²) in [5.74, 6) is -2.95. The molecular formula is C15H14F4N2O2. The lowest BCUT2D eigenvalue weighted by Gasteiger charge is -2.22. The summed E-state index contributed by atoms with van der Waals surface area (Å²) in [7, 11) is 0. The lowest BCUT2D eigenvalue weighted by molar-refractivity contribution is -0.165. The van der Waals surface area contributed by atoms with E-state index in [1.807, 2.05) is 0 Å². The lowest BCUT2D eigenvalue weighted by Crippen LogP contribution is -2.36. The van der Waals surface area contributed by atoms with Crippen LogP contribution in [-0.2, 0) is 9.59 Å². The third-order valence-corrected chi connectivity index (χ3v) is 3.39. The molecule has 0 saturated carbocycles. The van der Waals surface area contributed by atoms with Crippen molar-refractivity contribution in [3.05, 3.63) is 42.4 Å². The molecule has 1 heterocycles. The van der Waals surface area contributed by atoms with Gasteiger partial charge in [0.15, 0.2) is 0 Å². The summed E-state index contributed by atoms with van der Waals surface area (Å²) in [6, 6.07) is 4.60. The van der Waals surface area contributed by atoms with Gasteiger partial charge < -0.3 is 10.2 Å². The number of likely N-dealkylation sites (tertiary alicyclic amines) is 1. The quantitative estimate of drug-likeness (QED) is 0.682.